The molecule has 0 bridgehead atoms. The minimum absolute atomic E-state index is 0.479. The highest BCUT2D eigenvalue weighted by Crippen LogP contribution is 2.33. The number of rotatable bonds is 10. The van der Waals surface area contributed by atoms with E-state index in [1.807, 2.05) is 25.1 Å². The second kappa shape index (κ2) is 9.68. The Labute approximate surface area is 152 Å². The molecule has 1 heterocycles. The summed E-state index contributed by atoms with van der Waals surface area (Å²) in [7, 11) is 0. The third-order valence-electron chi connectivity index (χ3n) is 3.16. The van der Waals surface area contributed by atoms with Gasteiger partial charge in [-0.1, -0.05) is 13.0 Å². The lowest BCUT2D eigenvalue weighted by atomic mass is 10.1. The summed E-state index contributed by atoms with van der Waals surface area (Å²) in [5.41, 5.74) is 10.4. The highest BCUT2D eigenvalue weighted by molar-refractivity contribution is 7.14. The van der Waals surface area contributed by atoms with Crippen molar-refractivity contribution in [2.24, 2.45) is 5.10 Å². The fourth-order valence-electron chi connectivity index (χ4n) is 2.20. The van der Waals surface area contributed by atoms with Crippen LogP contribution in [0.5, 0.6) is 11.5 Å². The minimum Gasteiger partial charge on any atom is -0.490 e. The molecule has 0 spiro atoms. The molecule has 7 heteroatoms. The Balaban J connectivity index is 2.25. The molecule has 0 atom stereocenters. The average Bonchev–Trinajstić information content (AvgIpc) is 3.00. The molecule has 0 saturated heterocycles. The molecule has 1 aromatic carbocycles. The maximum Gasteiger partial charge on any atom is 0.205 e. The van der Waals surface area contributed by atoms with Crippen LogP contribution in [0, 0.1) is 0 Å². The normalized spacial score (nSPS) is 10.8. The van der Waals surface area contributed by atoms with Gasteiger partial charge in [-0.3, -0.25) is 5.43 Å². The fraction of sp³-hybridized carbons (Fsp3) is 0.333. The Kier molecular flexibility index (Phi) is 7.28. The van der Waals surface area contributed by atoms with Crippen molar-refractivity contribution < 1.29 is 9.47 Å². The molecule has 0 aliphatic heterocycles. The van der Waals surface area contributed by atoms with Gasteiger partial charge in [0.25, 0.3) is 0 Å². The number of benzene rings is 1. The molecule has 6 nitrogen and oxygen atoms in total. The van der Waals surface area contributed by atoms with E-state index in [4.69, 9.17) is 15.2 Å². The van der Waals surface area contributed by atoms with Gasteiger partial charge in [-0.15, -0.1) is 17.9 Å². The number of ether oxygens (including phenoxy) is 2. The lowest BCUT2D eigenvalue weighted by Crippen LogP contribution is -2.04. The summed E-state index contributed by atoms with van der Waals surface area (Å²) in [5.74, 6) is 1.98. The van der Waals surface area contributed by atoms with Gasteiger partial charge in [-0.2, -0.15) is 5.10 Å². The number of nitrogen functional groups attached to an aromatic ring is 1. The number of hydrogen-bond acceptors (Lipinski definition) is 7. The van der Waals surface area contributed by atoms with Gasteiger partial charge in [-0.25, -0.2) is 4.98 Å². The van der Waals surface area contributed by atoms with Crippen molar-refractivity contribution in [3.8, 4) is 11.5 Å². The van der Waals surface area contributed by atoms with E-state index in [1.54, 1.807) is 11.6 Å². The Bertz CT molecular complexity index is 728. The first-order valence-corrected chi connectivity index (χ1v) is 9.09. The van der Waals surface area contributed by atoms with Crippen LogP contribution < -0.4 is 20.6 Å². The van der Waals surface area contributed by atoms with E-state index in [1.165, 1.54) is 11.3 Å². The van der Waals surface area contributed by atoms with E-state index < -0.39 is 0 Å². The third kappa shape index (κ3) is 5.49. The zero-order valence-corrected chi connectivity index (χ0v) is 15.4. The van der Waals surface area contributed by atoms with E-state index in [-0.39, 0.29) is 0 Å². The molecular weight excluding hydrogens is 336 g/mol. The zero-order chi connectivity index (χ0) is 18.1. The smallest absolute Gasteiger partial charge is 0.205 e. The minimum atomic E-state index is 0.479. The number of hydrogen-bond donors (Lipinski definition) is 2. The number of nitrogens with zero attached hydrogens (tertiary/aromatic N) is 2. The van der Waals surface area contributed by atoms with Gasteiger partial charge in [-0.05, 0) is 37.5 Å². The van der Waals surface area contributed by atoms with Crippen LogP contribution in [0.1, 0.15) is 31.4 Å². The molecule has 0 amide bonds. The fourth-order valence-corrected chi connectivity index (χ4v) is 2.74. The summed E-state index contributed by atoms with van der Waals surface area (Å²) in [6.45, 7) is 9.06. The topological polar surface area (TPSA) is 81.8 Å². The number of thiazole rings is 1. The largest absolute Gasteiger partial charge is 0.490 e. The van der Waals surface area contributed by atoms with E-state index in [2.05, 4.69) is 29.0 Å². The van der Waals surface area contributed by atoms with Crippen molar-refractivity contribution in [2.45, 2.75) is 26.7 Å². The van der Waals surface area contributed by atoms with Crippen LogP contribution in [-0.4, -0.2) is 24.4 Å². The summed E-state index contributed by atoms with van der Waals surface area (Å²) >= 11 is 1.40. The molecule has 2 rings (SSSR count). The van der Waals surface area contributed by atoms with Crippen LogP contribution in [0.25, 0.3) is 0 Å². The summed E-state index contributed by atoms with van der Waals surface area (Å²) in [6, 6.07) is 3.94. The lowest BCUT2D eigenvalue weighted by Gasteiger charge is -2.16. The number of aromatic nitrogens is 1. The van der Waals surface area contributed by atoms with Crippen molar-refractivity contribution in [2.75, 3.05) is 24.4 Å². The Morgan fingerprint density at radius 2 is 2.20 bits per heavy atom. The highest BCUT2D eigenvalue weighted by atomic mass is 32.1. The second-order valence-corrected chi connectivity index (χ2v) is 6.09. The van der Waals surface area contributed by atoms with Crippen LogP contribution >= 0.6 is 11.3 Å². The summed E-state index contributed by atoms with van der Waals surface area (Å²) in [5, 5.41) is 6.62. The first-order valence-electron chi connectivity index (χ1n) is 8.21. The maximum atomic E-state index is 5.90. The van der Waals surface area contributed by atoms with Crippen molar-refractivity contribution in [1.29, 1.82) is 0 Å². The molecule has 25 heavy (non-hydrogen) atoms. The number of anilines is 2. The van der Waals surface area contributed by atoms with E-state index in [9.17, 15) is 0 Å². The van der Waals surface area contributed by atoms with E-state index in [0.29, 0.717) is 30.6 Å². The molecule has 2 aromatic rings. The Hall–Kier alpha value is -2.54. The molecule has 134 valence electrons. The summed E-state index contributed by atoms with van der Waals surface area (Å²) < 4.78 is 11.7. The average molecular weight is 360 g/mol. The molecule has 0 fully saturated rings. The van der Waals surface area contributed by atoms with Crippen LogP contribution in [0.2, 0.25) is 0 Å². The Morgan fingerprint density at radius 3 is 2.84 bits per heavy atom. The van der Waals surface area contributed by atoms with Gasteiger partial charge < -0.3 is 15.2 Å². The van der Waals surface area contributed by atoms with Crippen molar-refractivity contribution in [3.63, 3.8) is 0 Å². The van der Waals surface area contributed by atoms with Gasteiger partial charge >= 0.3 is 0 Å². The number of allylic oxidation sites excluding steroid dienone is 1. The van der Waals surface area contributed by atoms with Crippen LogP contribution in [0.3, 0.4) is 0 Å². The van der Waals surface area contributed by atoms with Gasteiger partial charge in [0.15, 0.2) is 11.5 Å². The maximum absolute atomic E-state index is 5.90. The van der Waals surface area contributed by atoms with E-state index in [0.717, 1.165) is 29.0 Å². The van der Waals surface area contributed by atoms with Crippen LogP contribution in [-0.2, 0) is 6.42 Å². The highest BCUT2D eigenvalue weighted by Gasteiger charge is 2.12. The molecule has 0 saturated carbocycles. The monoisotopic (exact) mass is 360 g/mol. The zero-order valence-electron chi connectivity index (χ0n) is 14.6. The molecule has 1 aromatic heterocycles. The van der Waals surface area contributed by atoms with Gasteiger partial charge in [0.2, 0.25) is 5.13 Å². The molecule has 0 radical (unpaired) electrons. The summed E-state index contributed by atoms with van der Waals surface area (Å²) in [6.07, 6.45) is 5.19. The van der Waals surface area contributed by atoms with Crippen molar-refractivity contribution in [1.82, 2.24) is 4.98 Å². The predicted molar refractivity (Wildman–Crippen MR) is 105 cm³/mol. The first-order chi connectivity index (χ1) is 12.2. The van der Waals surface area contributed by atoms with Crippen LogP contribution in [0.4, 0.5) is 10.9 Å². The van der Waals surface area contributed by atoms with Crippen molar-refractivity contribution >= 4 is 28.5 Å². The predicted octanol–water partition coefficient (Wildman–Crippen LogP) is 4.09. The molecule has 0 aliphatic carbocycles. The Morgan fingerprint density at radius 1 is 1.36 bits per heavy atom. The van der Waals surface area contributed by atoms with Gasteiger partial charge in [0, 0.05) is 10.9 Å². The number of hydrazone groups is 1. The quantitative estimate of drug-likeness (QED) is 0.379. The molecular formula is C18H24N4O2S. The second-order valence-electron chi connectivity index (χ2n) is 5.23. The van der Waals surface area contributed by atoms with Crippen molar-refractivity contribution in [3.05, 3.63) is 41.3 Å². The molecule has 3 N–H and O–H groups in total. The van der Waals surface area contributed by atoms with Gasteiger partial charge in [0.1, 0.15) is 5.82 Å². The number of nitrogens with two attached hydrogens (primary N) is 1. The van der Waals surface area contributed by atoms with Gasteiger partial charge in [0.05, 0.1) is 19.4 Å². The number of nitrogens with one attached hydrogen (secondary N) is 1. The molecule has 0 unspecified atom stereocenters. The third-order valence-corrected chi connectivity index (χ3v) is 3.93. The SMILES string of the molecule is C=CCc1cc(C=NNc2nc(N)cs2)cc(OCC)c1OCCC. The molecule has 0 aliphatic rings. The lowest BCUT2D eigenvalue weighted by molar-refractivity contribution is 0.275. The van der Waals surface area contributed by atoms with Crippen LogP contribution in [0.15, 0.2) is 35.3 Å². The first kappa shape index (κ1) is 18.8. The summed E-state index contributed by atoms with van der Waals surface area (Å²) in [4.78, 5) is 4.10. The standard InChI is InChI=1S/C18H24N4O2S/c1-4-7-14-9-13(11-20-22-18-21-16(19)12-25-18)10-15(23-6-3)17(14)24-8-5-2/h4,9-12H,1,5-8,19H2,2-3H3,(H,21,22). The van der Waals surface area contributed by atoms with E-state index >= 15 is 0 Å².